The Labute approximate surface area is 120 Å². The Morgan fingerprint density at radius 3 is 2.67 bits per heavy atom. The highest BCUT2D eigenvalue weighted by Gasteiger charge is 2.06. The van der Waals surface area contributed by atoms with Crippen molar-refractivity contribution in [3.8, 4) is 11.3 Å². The Bertz CT molecular complexity index is 763. The fraction of sp³-hybridized carbons (Fsp3) is 0.125. The monoisotopic (exact) mass is 285 g/mol. The number of rotatable bonds is 3. The molecule has 106 valence electrons. The van der Waals surface area contributed by atoms with Gasteiger partial charge in [0.15, 0.2) is 0 Å². The van der Waals surface area contributed by atoms with Gasteiger partial charge in [0.2, 0.25) is 5.95 Å². The summed E-state index contributed by atoms with van der Waals surface area (Å²) >= 11 is 0. The van der Waals surface area contributed by atoms with Crippen LogP contribution in [0.2, 0.25) is 0 Å². The van der Waals surface area contributed by atoms with Gasteiger partial charge in [-0.3, -0.25) is 4.68 Å². The van der Waals surface area contributed by atoms with Crippen LogP contribution in [0.4, 0.5) is 8.78 Å². The largest absolute Gasteiger partial charge is 0.268 e. The molecule has 2 heterocycles. The Morgan fingerprint density at radius 1 is 1.10 bits per heavy atom. The lowest BCUT2D eigenvalue weighted by molar-refractivity contribution is 0.580. The zero-order valence-electron chi connectivity index (χ0n) is 11.4. The fourth-order valence-electron chi connectivity index (χ4n) is 2.04. The van der Waals surface area contributed by atoms with Crippen LogP contribution in [0.1, 0.15) is 11.1 Å². The van der Waals surface area contributed by atoms with Crippen LogP contribution in [0.3, 0.4) is 0 Å². The number of pyridine rings is 1. The zero-order chi connectivity index (χ0) is 14.8. The van der Waals surface area contributed by atoms with Gasteiger partial charge >= 0.3 is 0 Å². The van der Waals surface area contributed by atoms with Crippen LogP contribution >= 0.6 is 0 Å². The van der Waals surface area contributed by atoms with Gasteiger partial charge in [0.1, 0.15) is 5.82 Å². The normalized spacial score (nSPS) is 10.8. The van der Waals surface area contributed by atoms with Gasteiger partial charge in [0.05, 0.1) is 12.2 Å². The summed E-state index contributed by atoms with van der Waals surface area (Å²) < 4.78 is 28.0. The summed E-state index contributed by atoms with van der Waals surface area (Å²) in [5.41, 5.74) is 2.88. The number of nitrogens with zero attached hydrogens (tertiary/aromatic N) is 3. The summed E-state index contributed by atoms with van der Waals surface area (Å²) in [6.45, 7) is 2.21. The summed E-state index contributed by atoms with van der Waals surface area (Å²) in [5.74, 6) is -0.750. The SMILES string of the molecule is Cc1ccc(-c2ccn(Cc3ccc(F)nc3)n2)cc1F. The van der Waals surface area contributed by atoms with Crippen LogP contribution < -0.4 is 0 Å². The number of aromatic nitrogens is 3. The Hall–Kier alpha value is -2.56. The van der Waals surface area contributed by atoms with Crippen LogP contribution in [0.5, 0.6) is 0 Å². The van der Waals surface area contributed by atoms with Crippen LogP contribution in [0.25, 0.3) is 11.3 Å². The first-order chi connectivity index (χ1) is 10.1. The standard InChI is InChI=1S/C16H13F2N3/c1-11-2-4-13(8-14(11)17)15-6-7-21(20-15)10-12-3-5-16(18)19-9-12/h2-9H,10H2,1H3. The van der Waals surface area contributed by atoms with E-state index in [-0.39, 0.29) is 5.82 Å². The average Bonchev–Trinajstić information content (AvgIpc) is 2.93. The van der Waals surface area contributed by atoms with Crippen molar-refractivity contribution in [2.24, 2.45) is 0 Å². The van der Waals surface area contributed by atoms with E-state index < -0.39 is 5.95 Å². The Kier molecular flexibility index (Phi) is 3.48. The third-order valence-corrected chi connectivity index (χ3v) is 3.24. The van der Waals surface area contributed by atoms with Crippen molar-refractivity contribution >= 4 is 0 Å². The predicted molar refractivity (Wildman–Crippen MR) is 75.7 cm³/mol. The molecule has 0 aliphatic carbocycles. The smallest absolute Gasteiger partial charge is 0.212 e. The maximum absolute atomic E-state index is 13.6. The molecule has 5 heteroatoms. The van der Waals surface area contributed by atoms with Crippen LogP contribution in [0, 0.1) is 18.7 Å². The number of hydrogen-bond acceptors (Lipinski definition) is 2. The van der Waals surface area contributed by atoms with Crippen molar-refractivity contribution in [2.75, 3.05) is 0 Å². The van der Waals surface area contributed by atoms with E-state index in [1.807, 2.05) is 12.1 Å². The van der Waals surface area contributed by atoms with Crippen molar-refractivity contribution in [2.45, 2.75) is 13.5 Å². The first kappa shape index (κ1) is 13.4. The van der Waals surface area contributed by atoms with Crippen molar-refractivity contribution in [3.05, 3.63) is 71.7 Å². The lowest BCUT2D eigenvalue weighted by Gasteiger charge is -2.02. The maximum Gasteiger partial charge on any atom is 0.212 e. The van der Waals surface area contributed by atoms with E-state index in [0.717, 1.165) is 11.1 Å². The van der Waals surface area contributed by atoms with Crippen molar-refractivity contribution in [3.63, 3.8) is 0 Å². The summed E-state index contributed by atoms with van der Waals surface area (Å²) in [6, 6.07) is 9.84. The van der Waals surface area contributed by atoms with E-state index in [2.05, 4.69) is 10.1 Å². The summed E-state index contributed by atoms with van der Waals surface area (Å²) in [7, 11) is 0. The molecule has 0 spiro atoms. The van der Waals surface area contributed by atoms with E-state index in [0.29, 0.717) is 17.8 Å². The van der Waals surface area contributed by atoms with Gasteiger partial charge in [-0.25, -0.2) is 9.37 Å². The third kappa shape index (κ3) is 2.97. The Morgan fingerprint density at radius 2 is 1.95 bits per heavy atom. The molecule has 0 unspecified atom stereocenters. The molecular formula is C16H13F2N3. The maximum atomic E-state index is 13.6. The lowest BCUT2D eigenvalue weighted by atomic mass is 10.1. The van der Waals surface area contributed by atoms with Crippen molar-refractivity contribution < 1.29 is 8.78 Å². The van der Waals surface area contributed by atoms with Crippen molar-refractivity contribution in [1.29, 1.82) is 0 Å². The first-order valence-electron chi connectivity index (χ1n) is 6.52. The average molecular weight is 285 g/mol. The van der Waals surface area contributed by atoms with Crippen molar-refractivity contribution in [1.82, 2.24) is 14.8 Å². The molecule has 3 nitrogen and oxygen atoms in total. The molecule has 3 aromatic rings. The highest BCUT2D eigenvalue weighted by Crippen LogP contribution is 2.20. The summed E-state index contributed by atoms with van der Waals surface area (Å²) in [5, 5.41) is 4.40. The topological polar surface area (TPSA) is 30.7 Å². The van der Waals surface area contributed by atoms with Gasteiger partial charge in [-0.2, -0.15) is 9.49 Å². The van der Waals surface area contributed by atoms with E-state index >= 15 is 0 Å². The predicted octanol–water partition coefficient (Wildman–Crippen LogP) is 3.58. The number of halogens is 2. The second-order valence-electron chi connectivity index (χ2n) is 4.85. The minimum Gasteiger partial charge on any atom is -0.268 e. The molecule has 0 N–H and O–H groups in total. The molecule has 1 aromatic carbocycles. The van der Waals surface area contributed by atoms with Gasteiger partial charge in [-0.15, -0.1) is 0 Å². The molecule has 0 saturated heterocycles. The quantitative estimate of drug-likeness (QED) is 0.689. The highest BCUT2D eigenvalue weighted by molar-refractivity contribution is 5.59. The molecule has 0 radical (unpaired) electrons. The molecule has 0 saturated carbocycles. The second kappa shape index (κ2) is 5.44. The number of aryl methyl sites for hydroxylation is 1. The zero-order valence-corrected chi connectivity index (χ0v) is 11.4. The summed E-state index contributed by atoms with van der Waals surface area (Å²) in [4.78, 5) is 3.60. The highest BCUT2D eigenvalue weighted by atomic mass is 19.1. The van der Waals surface area contributed by atoms with Gasteiger partial charge in [-0.05, 0) is 36.2 Å². The first-order valence-corrected chi connectivity index (χ1v) is 6.52. The molecule has 2 aromatic heterocycles. The minimum absolute atomic E-state index is 0.246. The molecule has 0 atom stereocenters. The fourth-order valence-corrected chi connectivity index (χ4v) is 2.04. The van der Waals surface area contributed by atoms with E-state index in [9.17, 15) is 8.78 Å². The molecule has 0 aliphatic heterocycles. The number of benzene rings is 1. The Balaban J connectivity index is 1.82. The molecule has 0 fully saturated rings. The lowest BCUT2D eigenvalue weighted by Crippen LogP contribution is -2.01. The molecule has 21 heavy (non-hydrogen) atoms. The van der Waals surface area contributed by atoms with E-state index in [1.54, 1.807) is 29.9 Å². The van der Waals surface area contributed by atoms with E-state index in [1.165, 1.54) is 18.3 Å². The molecule has 3 rings (SSSR count). The second-order valence-corrected chi connectivity index (χ2v) is 4.85. The van der Waals surface area contributed by atoms with Gasteiger partial charge < -0.3 is 0 Å². The molecule has 0 bridgehead atoms. The molecular weight excluding hydrogens is 272 g/mol. The van der Waals surface area contributed by atoms with Crippen LogP contribution in [-0.2, 0) is 6.54 Å². The van der Waals surface area contributed by atoms with Gasteiger partial charge in [-0.1, -0.05) is 18.2 Å². The third-order valence-electron chi connectivity index (χ3n) is 3.24. The minimum atomic E-state index is -0.505. The van der Waals surface area contributed by atoms with Gasteiger partial charge in [0.25, 0.3) is 0 Å². The summed E-state index contributed by atoms with van der Waals surface area (Å²) in [6.07, 6.45) is 3.28. The molecule has 0 aliphatic rings. The molecule has 0 amide bonds. The van der Waals surface area contributed by atoms with Crippen LogP contribution in [0.15, 0.2) is 48.8 Å². The van der Waals surface area contributed by atoms with Crippen LogP contribution in [-0.4, -0.2) is 14.8 Å². The number of hydrogen-bond donors (Lipinski definition) is 0. The van der Waals surface area contributed by atoms with E-state index in [4.69, 9.17) is 0 Å². The van der Waals surface area contributed by atoms with Gasteiger partial charge in [0, 0.05) is 18.0 Å².